The third kappa shape index (κ3) is 2.79. The average molecular weight is 230 g/mol. The van der Waals surface area contributed by atoms with Crippen molar-refractivity contribution in [2.75, 3.05) is 13.7 Å². The summed E-state index contributed by atoms with van der Waals surface area (Å²) in [7, 11) is 1.69. The number of benzene rings is 1. The minimum atomic E-state index is 0.350. The molecule has 0 bridgehead atoms. The second kappa shape index (κ2) is 5.41. The predicted molar refractivity (Wildman–Crippen MR) is 65.0 cm³/mol. The maximum Gasteiger partial charge on any atom is 0.185 e. The summed E-state index contributed by atoms with van der Waals surface area (Å²) in [6.07, 6.45) is 3.27. The van der Waals surface area contributed by atoms with Crippen LogP contribution in [0.1, 0.15) is 16.2 Å². The molecular weight excluding hydrogens is 216 g/mol. The number of aromatic amines is 1. The molecule has 1 heterocycles. The number of imidazole rings is 1. The van der Waals surface area contributed by atoms with Gasteiger partial charge in [-0.15, -0.1) is 0 Å². The van der Waals surface area contributed by atoms with Crippen molar-refractivity contribution in [1.82, 2.24) is 9.97 Å². The third-order valence-electron chi connectivity index (χ3n) is 2.57. The molecule has 4 nitrogen and oxygen atoms in total. The lowest BCUT2D eigenvalue weighted by Crippen LogP contribution is -1.93. The van der Waals surface area contributed by atoms with Gasteiger partial charge in [-0.3, -0.25) is 4.79 Å². The molecule has 2 rings (SSSR count). The first-order valence-corrected chi connectivity index (χ1v) is 5.42. The molecule has 0 saturated heterocycles. The topological polar surface area (TPSA) is 55.0 Å². The highest BCUT2D eigenvalue weighted by Crippen LogP contribution is 2.17. The normalized spacial score (nSPS) is 10.4. The van der Waals surface area contributed by atoms with Crippen LogP contribution in [0.4, 0.5) is 0 Å². The summed E-state index contributed by atoms with van der Waals surface area (Å²) in [4.78, 5) is 17.4. The van der Waals surface area contributed by atoms with Crippen LogP contribution in [0.3, 0.4) is 0 Å². The number of aldehydes is 1. The third-order valence-corrected chi connectivity index (χ3v) is 2.57. The van der Waals surface area contributed by atoms with Gasteiger partial charge >= 0.3 is 0 Å². The monoisotopic (exact) mass is 230 g/mol. The summed E-state index contributed by atoms with van der Waals surface area (Å²) in [6.45, 7) is 0.721. The van der Waals surface area contributed by atoms with Crippen molar-refractivity contribution in [2.45, 2.75) is 6.42 Å². The Morgan fingerprint density at radius 2 is 2.12 bits per heavy atom. The summed E-state index contributed by atoms with van der Waals surface area (Å²) < 4.78 is 5.02. The summed E-state index contributed by atoms with van der Waals surface area (Å²) >= 11 is 0. The quantitative estimate of drug-likeness (QED) is 0.800. The van der Waals surface area contributed by atoms with Crippen molar-refractivity contribution in [1.29, 1.82) is 0 Å². The Labute approximate surface area is 99.7 Å². The molecule has 0 radical (unpaired) electrons. The molecule has 17 heavy (non-hydrogen) atoms. The Bertz CT molecular complexity index is 488. The molecule has 0 spiro atoms. The Morgan fingerprint density at radius 3 is 2.71 bits per heavy atom. The van der Waals surface area contributed by atoms with E-state index >= 15 is 0 Å². The molecule has 4 heteroatoms. The van der Waals surface area contributed by atoms with E-state index in [1.807, 2.05) is 12.1 Å². The van der Waals surface area contributed by atoms with Crippen LogP contribution in [0.2, 0.25) is 0 Å². The molecule has 0 amide bonds. The van der Waals surface area contributed by atoms with Crippen molar-refractivity contribution in [2.24, 2.45) is 0 Å². The Morgan fingerprint density at radius 1 is 1.35 bits per heavy atom. The molecule has 88 valence electrons. The van der Waals surface area contributed by atoms with Gasteiger partial charge in [0.15, 0.2) is 12.1 Å². The van der Waals surface area contributed by atoms with Gasteiger partial charge in [-0.2, -0.15) is 0 Å². The number of hydrogen-bond donors (Lipinski definition) is 1. The fourth-order valence-electron chi connectivity index (χ4n) is 1.61. The number of nitrogens with one attached hydrogen (secondary N) is 1. The average Bonchev–Trinajstić information content (AvgIpc) is 2.86. The lowest BCUT2D eigenvalue weighted by molar-refractivity contribution is 0.111. The number of nitrogens with zero attached hydrogens (tertiary/aromatic N) is 1. The van der Waals surface area contributed by atoms with Crippen LogP contribution in [-0.2, 0) is 11.2 Å². The highest BCUT2D eigenvalue weighted by molar-refractivity contribution is 5.71. The van der Waals surface area contributed by atoms with E-state index < -0.39 is 0 Å². The summed E-state index contributed by atoms with van der Waals surface area (Å²) in [5.74, 6) is 0.350. The Hall–Kier alpha value is -1.94. The highest BCUT2D eigenvalue weighted by atomic mass is 16.5. The first kappa shape index (κ1) is 11.5. The van der Waals surface area contributed by atoms with Gasteiger partial charge in [-0.1, -0.05) is 24.3 Å². The first-order valence-electron chi connectivity index (χ1n) is 5.42. The molecule has 0 saturated carbocycles. The van der Waals surface area contributed by atoms with Gasteiger partial charge in [0.05, 0.1) is 18.5 Å². The van der Waals surface area contributed by atoms with E-state index in [0.29, 0.717) is 12.1 Å². The Kier molecular flexibility index (Phi) is 3.67. The maximum atomic E-state index is 10.5. The fraction of sp³-hybridized carbons (Fsp3) is 0.231. The number of methoxy groups -OCH3 is 1. The zero-order valence-corrected chi connectivity index (χ0v) is 9.64. The lowest BCUT2D eigenvalue weighted by atomic mass is 10.1. The van der Waals surface area contributed by atoms with Crippen molar-refractivity contribution in [3.05, 3.63) is 41.9 Å². The smallest absolute Gasteiger partial charge is 0.185 e. The van der Waals surface area contributed by atoms with E-state index in [2.05, 4.69) is 22.1 Å². The van der Waals surface area contributed by atoms with Crippen LogP contribution in [0, 0.1) is 0 Å². The van der Waals surface area contributed by atoms with Crippen molar-refractivity contribution in [3.8, 4) is 11.3 Å². The Balaban J connectivity index is 2.14. The van der Waals surface area contributed by atoms with E-state index in [1.165, 1.54) is 5.56 Å². The maximum absolute atomic E-state index is 10.5. The second-order valence-electron chi connectivity index (χ2n) is 3.74. The SMILES string of the molecule is COCCc1ccc(-c2cnc(C=O)[nH]2)cc1. The van der Waals surface area contributed by atoms with Crippen LogP contribution < -0.4 is 0 Å². The van der Waals surface area contributed by atoms with Gasteiger partial charge < -0.3 is 9.72 Å². The van der Waals surface area contributed by atoms with Crippen LogP contribution in [0.5, 0.6) is 0 Å². The van der Waals surface area contributed by atoms with Crippen molar-refractivity contribution in [3.63, 3.8) is 0 Å². The van der Waals surface area contributed by atoms with E-state index in [0.717, 1.165) is 24.3 Å². The zero-order chi connectivity index (χ0) is 12.1. The second-order valence-corrected chi connectivity index (χ2v) is 3.74. The van der Waals surface area contributed by atoms with E-state index in [-0.39, 0.29) is 0 Å². The number of ether oxygens (including phenoxy) is 1. The van der Waals surface area contributed by atoms with E-state index in [9.17, 15) is 4.79 Å². The number of H-pyrrole nitrogens is 1. The highest BCUT2D eigenvalue weighted by Gasteiger charge is 2.02. The molecule has 0 aliphatic heterocycles. The summed E-state index contributed by atoms with van der Waals surface area (Å²) in [5, 5.41) is 0. The number of hydrogen-bond acceptors (Lipinski definition) is 3. The van der Waals surface area contributed by atoms with Gasteiger partial charge in [0, 0.05) is 7.11 Å². The summed E-state index contributed by atoms with van der Waals surface area (Å²) in [6, 6.07) is 8.12. The van der Waals surface area contributed by atoms with Gasteiger partial charge in [-0.25, -0.2) is 4.98 Å². The first-order chi connectivity index (χ1) is 8.33. The van der Waals surface area contributed by atoms with Gasteiger partial charge in [0.1, 0.15) is 0 Å². The minimum Gasteiger partial charge on any atom is -0.384 e. The predicted octanol–water partition coefficient (Wildman–Crippen LogP) is 2.08. The molecule has 1 N–H and O–H groups in total. The molecule has 0 aliphatic rings. The molecular formula is C13H14N2O2. The molecule has 0 aliphatic carbocycles. The van der Waals surface area contributed by atoms with E-state index in [4.69, 9.17) is 4.74 Å². The van der Waals surface area contributed by atoms with Crippen molar-refractivity contribution >= 4 is 6.29 Å². The summed E-state index contributed by atoms with van der Waals surface area (Å²) in [5.41, 5.74) is 3.10. The molecule has 0 fully saturated rings. The largest absolute Gasteiger partial charge is 0.384 e. The van der Waals surface area contributed by atoms with Gasteiger partial charge in [0.2, 0.25) is 0 Å². The molecule has 2 aromatic rings. The number of carbonyl (C=O) groups is 1. The molecule has 0 atom stereocenters. The zero-order valence-electron chi connectivity index (χ0n) is 9.64. The lowest BCUT2D eigenvalue weighted by Gasteiger charge is -2.02. The van der Waals surface area contributed by atoms with Crippen molar-refractivity contribution < 1.29 is 9.53 Å². The van der Waals surface area contributed by atoms with Crippen LogP contribution in [0.25, 0.3) is 11.3 Å². The van der Waals surface area contributed by atoms with Crippen LogP contribution in [-0.4, -0.2) is 30.0 Å². The number of rotatable bonds is 5. The standard InChI is InChI=1S/C13H14N2O2/c1-17-7-6-10-2-4-11(5-3-10)12-8-14-13(9-16)15-12/h2-5,8-9H,6-7H2,1H3,(H,14,15). The number of carbonyl (C=O) groups excluding carboxylic acids is 1. The number of aromatic nitrogens is 2. The molecule has 1 aromatic heterocycles. The van der Waals surface area contributed by atoms with Crippen LogP contribution >= 0.6 is 0 Å². The minimum absolute atomic E-state index is 0.350. The van der Waals surface area contributed by atoms with Gasteiger partial charge in [0.25, 0.3) is 0 Å². The van der Waals surface area contributed by atoms with Gasteiger partial charge in [-0.05, 0) is 17.5 Å². The van der Waals surface area contributed by atoms with E-state index in [1.54, 1.807) is 13.3 Å². The molecule has 1 aromatic carbocycles. The van der Waals surface area contributed by atoms with Crippen LogP contribution in [0.15, 0.2) is 30.5 Å². The molecule has 0 unspecified atom stereocenters. The fourth-order valence-corrected chi connectivity index (χ4v) is 1.61.